The van der Waals surface area contributed by atoms with E-state index in [2.05, 4.69) is 25.3 Å². The summed E-state index contributed by atoms with van der Waals surface area (Å²) in [6, 6.07) is 2.69. The number of nitrogens with zero attached hydrogens (tertiary/aromatic N) is 3. The van der Waals surface area contributed by atoms with Gasteiger partial charge in [-0.2, -0.15) is 9.94 Å². The molecule has 0 saturated carbocycles. The second-order valence-corrected chi connectivity index (χ2v) is 5.93. The van der Waals surface area contributed by atoms with E-state index >= 15 is 0 Å². The number of aromatic amines is 1. The number of hydrogen-bond acceptors (Lipinski definition) is 6. The largest absolute Gasteiger partial charge is 0.250 e. The molecule has 0 aliphatic heterocycles. The van der Waals surface area contributed by atoms with Crippen LogP contribution in [0.2, 0.25) is 0 Å². The molecule has 16 heavy (non-hydrogen) atoms. The molecule has 2 aromatic heterocycles. The smallest absolute Gasteiger partial charge is 0.206 e. The van der Waals surface area contributed by atoms with Crippen LogP contribution in [0.1, 0.15) is 18.8 Å². The highest BCUT2D eigenvalue weighted by molar-refractivity contribution is 7.91. The van der Waals surface area contributed by atoms with Gasteiger partial charge in [0.15, 0.2) is 5.82 Å². The van der Waals surface area contributed by atoms with Crippen LogP contribution in [0.15, 0.2) is 21.7 Å². The second kappa shape index (κ2) is 4.28. The molecule has 2 heterocycles. The molecule has 2 N–H and O–H groups in total. The minimum Gasteiger partial charge on any atom is -0.206 e. The molecule has 86 valence electrons. The maximum atomic E-state index is 11.8. The maximum Gasteiger partial charge on any atom is 0.250 e. The van der Waals surface area contributed by atoms with E-state index in [1.165, 1.54) is 6.07 Å². The lowest BCUT2D eigenvalue weighted by molar-refractivity contribution is 0.562. The van der Waals surface area contributed by atoms with Crippen molar-refractivity contribution in [3.63, 3.8) is 0 Å². The summed E-state index contributed by atoms with van der Waals surface area (Å²) in [6.07, 6.45) is 0. The van der Waals surface area contributed by atoms with Crippen molar-refractivity contribution in [1.29, 1.82) is 0 Å². The Bertz CT molecular complexity index is 533. The van der Waals surface area contributed by atoms with Gasteiger partial charge in [-0.15, -0.1) is 21.5 Å². The molecule has 9 heteroatoms. The van der Waals surface area contributed by atoms with Crippen molar-refractivity contribution in [1.82, 2.24) is 25.3 Å². The van der Waals surface area contributed by atoms with E-state index in [1.54, 1.807) is 18.4 Å². The number of thiophene rings is 1. The van der Waals surface area contributed by atoms with Gasteiger partial charge in [-0.05, 0) is 18.4 Å². The Morgan fingerprint density at radius 2 is 2.38 bits per heavy atom. The monoisotopic (exact) mass is 259 g/mol. The minimum absolute atomic E-state index is 0.267. The van der Waals surface area contributed by atoms with E-state index in [4.69, 9.17) is 0 Å². The quantitative estimate of drug-likeness (QED) is 0.822. The number of hydrogen-bond donors (Lipinski definition) is 2. The van der Waals surface area contributed by atoms with E-state index in [9.17, 15) is 8.42 Å². The number of H-pyrrole nitrogens is 1. The molecule has 0 aliphatic rings. The summed E-state index contributed by atoms with van der Waals surface area (Å²) in [6.45, 7) is 1.65. The molecule has 0 amide bonds. The molecule has 0 saturated heterocycles. The van der Waals surface area contributed by atoms with Crippen molar-refractivity contribution in [3.05, 3.63) is 23.3 Å². The predicted molar refractivity (Wildman–Crippen MR) is 57.2 cm³/mol. The van der Waals surface area contributed by atoms with Crippen molar-refractivity contribution in [3.8, 4) is 0 Å². The molecule has 0 fully saturated rings. The lowest BCUT2D eigenvalue weighted by Gasteiger charge is -2.08. The summed E-state index contributed by atoms with van der Waals surface area (Å²) < 4.78 is 26.3. The van der Waals surface area contributed by atoms with Gasteiger partial charge >= 0.3 is 0 Å². The van der Waals surface area contributed by atoms with Crippen molar-refractivity contribution in [2.75, 3.05) is 0 Å². The summed E-state index contributed by atoms with van der Waals surface area (Å²) in [5.74, 6) is 0.306. The maximum absolute atomic E-state index is 11.8. The first kappa shape index (κ1) is 11.2. The van der Waals surface area contributed by atoms with Gasteiger partial charge in [-0.3, -0.25) is 0 Å². The van der Waals surface area contributed by atoms with E-state index in [-0.39, 0.29) is 4.21 Å². The van der Waals surface area contributed by atoms with Gasteiger partial charge in [0.1, 0.15) is 4.21 Å². The first-order valence-electron chi connectivity index (χ1n) is 4.39. The zero-order valence-electron chi connectivity index (χ0n) is 8.28. The Hall–Kier alpha value is -1.32. The van der Waals surface area contributed by atoms with Gasteiger partial charge in [0, 0.05) is 0 Å². The summed E-state index contributed by atoms with van der Waals surface area (Å²) in [4.78, 5) is 0. The van der Waals surface area contributed by atoms with Gasteiger partial charge in [-0.1, -0.05) is 11.3 Å². The highest BCUT2D eigenvalue weighted by atomic mass is 32.2. The molecule has 2 aromatic rings. The van der Waals surface area contributed by atoms with E-state index in [0.717, 1.165) is 11.3 Å². The number of aromatic nitrogens is 4. The van der Waals surface area contributed by atoms with Gasteiger partial charge in [0.2, 0.25) is 0 Å². The highest BCUT2D eigenvalue weighted by Gasteiger charge is 2.21. The fourth-order valence-corrected chi connectivity index (χ4v) is 3.32. The summed E-state index contributed by atoms with van der Waals surface area (Å²) in [5, 5.41) is 14.8. The van der Waals surface area contributed by atoms with Crippen LogP contribution in [0.3, 0.4) is 0 Å². The Balaban J connectivity index is 2.16. The Morgan fingerprint density at radius 1 is 1.56 bits per heavy atom. The molecule has 2 rings (SSSR count). The van der Waals surface area contributed by atoms with E-state index in [1.807, 2.05) is 0 Å². The molecule has 1 unspecified atom stereocenters. The van der Waals surface area contributed by atoms with E-state index < -0.39 is 16.1 Å². The van der Waals surface area contributed by atoms with Crippen LogP contribution < -0.4 is 4.72 Å². The van der Waals surface area contributed by atoms with Gasteiger partial charge < -0.3 is 0 Å². The predicted octanol–water partition coefficient (Wildman–Crippen LogP) is 0.301. The summed E-state index contributed by atoms with van der Waals surface area (Å²) >= 11 is 1.15. The Kier molecular flexibility index (Phi) is 2.99. The fourth-order valence-electron chi connectivity index (χ4n) is 1.11. The van der Waals surface area contributed by atoms with Crippen LogP contribution >= 0.6 is 11.3 Å². The SMILES string of the molecule is CC(NS(=O)(=O)c1cccs1)c1nn[nH]n1. The third kappa shape index (κ3) is 2.26. The van der Waals surface area contributed by atoms with Crippen LogP contribution in [-0.4, -0.2) is 29.0 Å². The minimum atomic E-state index is -3.50. The number of tetrazole rings is 1. The van der Waals surface area contributed by atoms with Gasteiger partial charge in [-0.25, -0.2) is 8.42 Å². The lowest BCUT2D eigenvalue weighted by Crippen LogP contribution is -2.27. The number of nitrogens with one attached hydrogen (secondary N) is 2. The third-order valence-electron chi connectivity index (χ3n) is 1.84. The van der Waals surface area contributed by atoms with Crippen LogP contribution in [0.25, 0.3) is 0 Å². The molecule has 0 radical (unpaired) electrons. The molecule has 0 spiro atoms. The fraction of sp³-hybridized carbons (Fsp3) is 0.286. The highest BCUT2D eigenvalue weighted by Crippen LogP contribution is 2.18. The van der Waals surface area contributed by atoms with Crippen LogP contribution in [0.4, 0.5) is 0 Å². The standard InChI is InChI=1S/C7H9N5O2S2/c1-5(7-8-11-12-9-7)10-16(13,14)6-3-2-4-15-6/h2-5,10H,1H3,(H,8,9,11,12). The topological polar surface area (TPSA) is 101 Å². The lowest BCUT2D eigenvalue weighted by atomic mass is 10.4. The average Bonchev–Trinajstić information content (AvgIpc) is 2.91. The molecule has 1 atom stereocenters. The van der Waals surface area contributed by atoms with E-state index in [0.29, 0.717) is 5.82 Å². The molecule has 7 nitrogen and oxygen atoms in total. The average molecular weight is 259 g/mol. The molecule has 0 bridgehead atoms. The molecule has 0 aliphatic carbocycles. The van der Waals surface area contributed by atoms with Crippen molar-refractivity contribution in [2.45, 2.75) is 17.2 Å². The van der Waals surface area contributed by atoms with Crippen LogP contribution in [-0.2, 0) is 10.0 Å². The van der Waals surface area contributed by atoms with Crippen molar-refractivity contribution in [2.24, 2.45) is 0 Å². The second-order valence-electron chi connectivity index (χ2n) is 3.05. The molecular formula is C7H9N5O2S2. The van der Waals surface area contributed by atoms with Gasteiger partial charge in [0.25, 0.3) is 10.0 Å². The Morgan fingerprint density at radius 3 is 2.94 bits per heavy atom. The first-order chi connectivity index (χ1) is 7.59. The number of sulfonamides is 1. The number of rotatable bonds is 4. The summed E-state index contributed by atoms with van der Waals surface area (Å²) in [7, 11) is -3.50. The molecule has 0 aromatic carbocycles. The van der Waals surface area contributed by atoms with Crippen molar-refractivity contribution < 1.29 is 8.42 Å². The van der Waals surface area contributed by atoms with Gasteiger partial charge in [0.05, 0.1) is 6.04 Å². The molecular weight excluding hydrogens is 250 g/mol. The third-order valence-corrected chi connectivity index (χ3v) is 4.78. The summed E-state index contributed by atoms with van der Waals surface area (Å²) in [5.41, 5.74) is 0. The Labute approximate surface area is 95.9 Å². The zero-order chi connectivity index (χ0) is 11.6. The van der Waals surface area contributed by atoms with Crippen LogP contribution in [0, 0.1) is 0 Å². The van der Waals surface area contributed by atoms with Crippen LogP contribution in [0.5, 0.6) is 0 Å². The normalized spacial score (nSPS) is 13.8. The van der Waals surface area contributed by atoms with Crippen molar-refractivity contribution >= 4 is 21.4 Å². The zero-order valence-corrected chi connectivity index (χ0v) is 9.92. The first-order valence-corrected chi connectivity index (χ1v) is 6.75.